The van der Waals surface area contributed by atoms with Gasteiger partial charge in [-0.05, 0) is 95.2 Å². The SMILES string of the molecule is CCC(C)(C)Oc1ccc(CCCCNC(=O)/C=C/c2ccc(OC)c(OC)c2)c(OC(C)(C)CC)c1. The van der Waals surface area contributed by atoms with Crippen LogP contribution in [0.4, 0.5) is 0 Å². The quantitative estimate of drug-likeness (QED) is 0.206. The fraction of sp³-hybridized carbons (Fsp3) is 0.516. The van der Waals surface area contributed by atoms with Crippen LogP contribution in [-0.2, 0) is 11.2 Å². The third kappa shape index (κ3) is 10.0. The predicted molar refractivity (Wildman–Crippen MR) is 151 cm³/mol. The van der Waals surface area contributed by atoms with E-state index in [1.54, 1.807) is 20.3 Å². The van der Waals surface area contributed by atoms with E-state index in [0.717, 1.165) is 54.7 Å². The van der Waals surface area contributed by atoms with Gasteiger partial charge >= 0.3 is 0 Å². The summed E-state index contributed by atoms with van der Waals surface area (Å²) in [6.07, 6.45) is 7.79. The summed E-state index contributed by atoms with van der Waals surface area (Å²) in [7, 11) is 3.19. The maximum atomic E-state index is 12.3. The zero-order valence-electron chi connectivity index (χ0n) is 23.9. The molecular weight excluding hydrogens is 466 g/mol. The van der Waals surface area contributed by atoms with Gasteiger partial charge in [0, 0.05) is 18.7 Å². The maximum Gasteiger partial charge on any atom is 0.243 e. The highest BCUT2D eigenvalue weighted by molar-refractivity contribution is 5.91. The van der Waals surface area contributed by atoms with Gasteiger partial charge in [0.05, 0.1) is 14.2 Å². The second-order valence-electron chi connectivity index (χ2n) is 10.4. The molecule has 0 radical (unpaired) electrons. The van der Waals surface area contributed by atoms with Gasteiger partial charge in [-0.2, -0.15) is 0 Å². The van der Waals surface area contributed by atoms with Crippen LogP contribution in [0.25, 0.3) is 6.08 Å². The lowest BCUT2D eigenvalue weighted by Gasteiger charge is -2.29. The highest BCUT2D eigenvalue weighted by Crippen LogP contribution is 2.32. The van der Waals surface area contributed by atoms with Gasteiger partial charge in [0.1, 0.15) is 22.7 Å². The molecule has 1 N–H and O–H groups in total. The Hall–Kier alpha value is -3.15. The van der Waals surface area contributed by atoms with E-state index in [2.05, 4.69) is 52.9 Å². The molecule has 0 spiro atoms. The molecule has 0 aliphatic heterocycles. The molecule has 2 rings (SSSR count). The molecule has 0 atom stereocenters. The molecule has 0 aliphatic carbocycles. The predicted octanol–water partition coefficient (Wildman–Crippen LogP) is 6.99. The second-order valence-corrected chi connectivity index (χ2v) is 10.4. The summed E-state index contributed by atoms with van der Waals surface area (Å²) in [5.41, 5.74) is 1.53. The van der Waals surface area contributed by atoms with Gasteiger partial charge in [-0.3, -0.25) is 4.79 Å². The molecule has 0 heterocycles. The number of methoxy groups -OCH3 is 2. The number of ether oxygens (including phenoxy) is 4. The van der Waals surface area contributed by atoms with Gasteiger partial charge in [0.25, 0.3) is 0 Å². The van der Waals surface area contributed by atoms with Crippen LogP contribution in [0.2, 0.25) is 0 Å². The Morgan fingerprint density at radius 3 is 2.16 bits per heavy atom. The number of benzene rings is 2. The Labute approximate surface area is 223 Å². The lowest BCUT2D eigenvalue weighted by atomic mass is 10.0. The molecule has 2 aromatic carbocycles. The first-order chi connectivity index (χ1) is 17.5. The molecule has 1 amide bonds. The number of hydrogen-bond donors (Lipinski definition) is 1. The number of carbonyl (C=O) groups is 1. The molecular formula is C31H45NO5. The largest absolute Gasteiger partial charge is 0.493 e. The Balaban J connectivity index is 1.91. The lowest BCUT2D eigenvalue weighted by Crippen LogP contribution is -2.28. The minimum Gasteiger partial charge on any atom is -0.493 e. The molecule has 0 saturated heterocycles. The smallest absolute Gasteiger partial charge is 0.243 e. The van der Waals surface area contributed by atoms with Crippen molar-refractivity contribution in [2.24, 2.45) is 0 Å². The Morgan fingerprint density at radius 1 is 0.838 bits per heavy atom. The van der Waals surface area contributed by atoms with Crippen molar-refractivity contribution in [2.45, 2.75) is 84.8 Å². The number of aryl methyl sites for hydroxylation is 1. The van der Waals surface area contributed by atoms with E-state index in [1.165, 1.54) is 6.08 Å². The van der Waals surface area contributed by atoms with Gasteiger partial charge in [-0.1, -0.05) is 26.0 Å². The molecule has 37 heavy (non-hydrogen) atoms. The van der Waals surface area contributed by atoms with E-state index < -0.39 is 0 Å². The molecule has 6 nitrogen and oxygen atoms in total. The standard InChI is InChI=1S/C31H45NO5/c1-9-30(3,4)36-25-17-16-24(27(22-25)37-31(5,6)10-2)13-11-12-20-32-29(33)19-15-23-14-18-26(34-7)28(21-23)35-8/h14-19,21-22H,9-13,20H2,1-8H3,(H,32,33)/b19-15+. The van der Waals surface area contributed by atoms with Crippen molar-refractivity contribution in [3.05, 3.63) is 53.6 Å². The van der Waals surface area contributed by atoms with Crippen molar-refractivity contribution < 1.29 is 23.7 Å². The third-order valence-corrected chi connectivity index (χ3v) is 6.53. The van der Waals surface area contributed by atoms with Crippen LogP contribution in [0.1, 0.15) is 78.4 Å². The fourth-order valence-electron chi connectivity index (χ4n) is 3.50. The van der Waals surface area contributed by atoms with Crippen LogP contribution < -0.4 is 24.3 Å². The number of rotatable bonds is 15. The zero-order valence-corrected chi connectivity index (χ0v) is 23.9. The average Bonchev–Trinajstić information content (AvgIpc) is 2.87. The number of hydrogen-bond acceptors (Lipinski definition) is 5. The van der Waals surface area contributed by atoms with E-state index in [9.17, 15) is 4.79 Å². The summed E-state index contributed by atoms with van der Waals surface area (Å²) < 4.78 is 23.2. The molecule has 0 aliphatic rings. The van der Waals surface area contributed by atoms with Gasteiger partial charge in [-0.25, -0.2) is 0 Å². The molecule has 2 aromatic rings. The van der Waals surface area contributed by atoms with Crippen molar-refractivity contribution >= 4 is 12.0 Å². The average molecular weight is 512 g/mol. The van der Waals surface area contributed by atoms with Crippen molar-refractivity contribution in [3.8, 4) is 23.0 Å². The van der Waals surface area contributed by atoms with Crippen LogP contribution in [0.5, 0.6) is 23.0 Å². The number of carbonyl (C=O) groups excluding carboxylic acids is 1. The molecule has 0 bridgehead atoms. The first-order valence-electron chi connectivity index (χ1n) is 13.2. The Kier molecular flexibility index (Phi) is 11.4. The van der Waals surface area contributed by atoms with E-state index in [0.29, 0.717) is 18.0 Å². The van der Waals surface area contributed by atoms with Crippen LogP contribution in [-0.4, -0.2) is 37.9 Å². The van der Waals surface area contributed by atoms with Gasteiger partial charge in [0.15, 0.2) is 11.5 Å². The fourth-order valence-corrected chi connectivity index (χ4v) is 3.50. The summed E-state index contributed by atoms with van der Waals surface area (Å²) in [6, 6.07) is 11.7. The van der Waals surface area contributed by atoms with Crippen LogP contribution in [0.15, 0.2) is 42.5 Å². The highest BCUT2D eigenvalue weighted by atomic mass is 16.5. The van der Waals surface area contributed by atoms with Crippen molar-refractivity contribution in [1.82, 2.24) is 5.32 Å². The zero-order chi connectivity index (χ0) is 27.5. The first kappa shape index (κ1) is 30.1. The Bertz CT molecular complexity index is 1040. The van der Waals surface area contributed by atoms with Crippen molar-refractivity contribution in [1.29, 1.82) is 0 Å². The van der Waals surface area contributed by atoms with Crippen LogP contribution in [0, 0.1) is 0 Å². The summed E-state index contributed by atoms with van der Waals surface area (Å²) >= 11 is 0. The highest BCUT2D eigenvalue weighted by Gasteiger charge is 2.21. The van der Waals surface area contributed by atoms with Crippen molar-refractivity contribution in [2.75, 3.05) is 20.8 Å². The molecule has 204 valence electrons. The van der Waals surface area contributed by atoms with E-state index in [-0.39, 0.29) is 17.1 Å². The van der Waals surface area contributed by atoms with Gasteiger partial charge < -0.3 is 24.3 Å². The van der Waals surface area contributed by atoms with Crippen LogP contribution in [0.3, 0.4) is 0 Å². The van der Waals surface area contributed by atoms with E-state index in [1.807, 2.05) is 30.3 Å². The first-order valence-corrected chi connectivity index (χ1v) is 13.2. The molecule has 0 unspecified atom stereocenters. The number of amides is 1. The van der Waals surface area contributed by atoms with Gasteiger partial charge in [-0.15, -0.1) is 0 Å². The minimum absolute atomic E-state index is 0.122. The third-order valence-electron chi connectivity index (χ3n) is 6.53. The minimum atomic E-state index is -0.262. The normalized spacial score (nSPS) is 11.9. The monoisotopic (exact) mass is 511 g/mol. The van der Waals surface area contributed by atoms with E-state index >= 15 is 0 Å². The summed E-state index contributed by atoms with van der Waals surface area (Å²) in [4.78, 5) is 12.3. The molecule has 0 aromatic heterocycles. The second kappa shape index (κ2) is 14.0. The maximum absolute atomic E-state index is 12.3. The topological polar surface area (TPSA) is 66.0 Å². The number of unbranched alkanes of at least 4 members (excludes halogenated alkanes) is 1. The lowest BCUT2D eigenvalue weighted by molar-refractivity contribution is -0.116. The number of nitrogens with one attached hydrogen (secondary N) is 1. The van der Waals surface area contributed by atoms with Gasteiger partial charge in [0.2, 0.25) is 5.91 Å². The molecule has 0 fully saturated rings. The molecule has 0 saturated carbocycles. The van der Waals surface area contributed by atoms with Crippen LogP contribution >= 0.6 is 0 Å². The molecule has 6 heteroatoms. The Morgan fingerprint density at radius 2 is 1.51 bits per heavy atom. The summed E-state index contributed by atoms with van der Waals surface area (Å²) in [5, 5.41) is 2.96. The summed E-state index contributed by atoms with van der Waals surface area (Å²) in [6.45, 7) is 13.2. The summed E-state index contributed by atoms with van der Waals surface area (Å²) in [5.74, 6) is 2.86. The van der Waals surface area contributed by atoms with E-state index in [4.69, 9.17) is 18.9 Å². The van der Waals surface area contributed by atoms with Crippen molar-refractivity contribution in [3.63, 3.8) is 0 Å².